The second-order valence-corrected chi connectivity index (χ2v) is 24.8. The molecule has 1 aliphatic heterocycles. The highest BCUT2D eigenvalue weighted by atomic mass is 32.2. The van der Waals surface area contributed by atoms with Crippen molar-refractivity contribution in [2.24, 2.45) is 17.1 Å². The Morgan fingerprint density at radius 3 is 2.24 bits per heavy atom. The average molecular weight is 1060 g/mol. The molecule has 404 valence electrons. The number of aryl methyl sites for hydroxylation is 1. The fourth-order valence-corrected chi connectivity index (χ4v) is 11.7. The Kier molecular flexibility index (Phi) is 19.8. The number of anilines is 2. The minimum atomic E-state index is -3.81. The predicted octanol–water partition coefficient (Wildman–Crippen LogP) is 6.96. The van der Waals surface area contributed by atoms with E-state index in [4.69, 9.17) is 29.4 Å². The van der Waals surface area contributed by atoms with E-state index in [9.17, 15) is 18.0 Å². The number of nitrogens with one attached hydrogen (secondary N) is 4. The van der Waals surface area contributed by atoms with E-state index in [-0.39, 0.29) is 53.8 Å². The highest BCUT2D eigenvalue weighted by molar-refractivity contribution is 7.92. The summed E-state index contributed by atoms with van der Waals surface area (Å²) in [6.07, 6.45) is 5.02. The van der Waals surface area contributed by atoms with Crippen LogP contribution in [-0.2, 0) is 44.8 Å². The van der Waals surface area contributed by atoms with Crippen molar-refractivity contribution < 1.29 is 41.7 Å². The van der Waals surface area contributed by atoms with Crippen LogP contribution in [0.5, 0.6) is 5.75 Å². The zero-order valence-corrected chi connectivity index (χ0v) is 46.0. The van der Waals surface area contributed by atoms with Crippen molar-refractivity contribution in [2.45, 2.75) is 114 Å². The second-order valence-electron chi connectivity index (χ2n) is 21.3. The summed E-state index contributed by atoms with van der Waals surface area (Å²) in [5.74, 6) is -0.510. The van der Waals surface area contributed by atoms with Crippen LogP contribution in [-0.4, -0.2) is 144 Å². The van der Waals surface area contributed by atoms with Gasteiger partial charge in [-0.05, 0) is 107 Å². The Labute approximate surface area is 441 Å². The Balaban J connectivity index is 0.800. The minimum Gasteiger partial charge on any atom is -0.490 e. The topological polar surface area (TPSA) is 218 Å². The van der Waals surface area contributed by atoms with E-state index >= 15 is 0 Å². The first kappa shape index (κ1) is 56.9. The summed E-state index contributed by atoms with van der Waals surface area (Å²) in [6, 6.07) is 18.0. The van der Waals surface area contributed by atoms with Crippen LogP contribution in [0.25, 0.3) is 21.1 Å². The molecule has 1 unspecified atom stereocenters. The molecule has 1 saturated heterocycles. The molecule has 0 radical (unpaired) electrons. The molecule has 2 amide bonds. The molecule has 5 aromatic rings. The maximum absolute atomic E-state index is 14.5. The van der Waals surface area contributed by atoms with E-state index in [1.54, 1.807) is 60.8 Å². The summed E-state index contributed by atoms with van der Waals surface area (Å²) < 4.78 is 56.8. The summed E-state index contributed by atoms with van der Waals surface area (Å²) in [6.45, 7) is 17.1. The Morgan fingerprint density at radius 1 is 0.865 bits per heavy atom. The maximum atomic E-state index is 14.5. The number of likely N-dealkylation sites (tertiary alicyclic amines) is 1. The van der Waals surface area contributed by atoms with Crippen molar-refractivity contribution in [3.05, 3.63) is 83.5 Å². The summed E-state index contributed by atoms with van der Waals surface area (Å²) in [5, 5.41) is 14.2. The number of thiazole rings is 1. The van der Waals surface area contributed by atoms with E-state index in [1.165, 1.54) is 5.56 Å². The SMILES string of the molecule is CN[C@@H](C)C(N)[C@@H](C(=O)N1C[C@@H](NCCOCCOCCOCCOCCOc2cc3nccc(Nc4ccc5scnc5c4)c3cc2S(=O)(=O)C(C)(C)C)C[C@H]1C(=O)N[C@@H]1CCCc2ccccc21)C(C)(C)C. The van der Waals surface area contributed by atoms with Crippen molar-refractivity contribution in [2.75, 3.05) is 84.9 Å². The highest BCUT2D eigenvalue weighted by Gasteiger charge is 2.47. The van der Waals surface area contributed by atoms with Crippen LogP contribution in [0.15, 0.2) is 77.3 Å². The molecular weight excluding hydrogens is 981 g/mol. The number of nitrogens with zero attached hydrogens (tertiary/aromatic N) is 3. The van der Waals surface area contributed by atoms with Gasteiger partial charge < -0.3 is 55.6 Å². The van der Waals surface area contributed by atoms with Gasteiger partial charge in [0.1, 0.15) is 23.3 Å². The van der Waals surface area contributed by atoms with Crippen LogP contribution < -0.4 is 31.7 Å². The van der Waals surface area contributed by atoms with Crippen LogP contribution in [0.2, 0.25) is 0 Å². The summed E-state index contributed by atoms with van der Waals surface area (Å²) in [7, 11) is -1.96. The number of rotatable bonds is 26. The molecular formula is C55H78N8O9S2. The fraction of sp³-hybridized carbons (Fsp3) is 0.564. The quantitative estimate of drug-likeness (QED) is 0.0354. The molecule has 0 bridgehead atoms. The van der Waals surface area contributed by atoms with Gasteiger partial charge in [-0.15, -0.1) is 11.3 Å². The van der Waals surface area contributed by atoms with Gasteiger partial charge in [-0.25, -0.2) is 13.4 Å². The number of pyridine rings is 1. The van der Waals surface area contributed by atoms with Crippen LogP contribution >= 0.6 is 11.3 Å². The van der Waals surface area contributed by atoms with Gasteiger partial charge in [0.25, 0.3) is 0 Å². The third-order valence-electron chi connectivity index (χ3n) is 14.0. The summed E-state index contributed by atoms with van der Waals surface area (Å²) in [4.78, 5) is 39.5. The van der Waals surface area contributed by atoms with Gasteiger partial charge in [0.2, 0.25) is 11.8 Å². The molecule has 6 N–H and O–H groups in total. The van der Waals surface area contributed by atoms with Gasteiger partial charge in [0.15, 0.2) is 9.84 Å². The number of carbonyl (C=O) groups is 2. The first-order valence-electron chi connectivity index (χ1n) is 25.9. The van der Waals surface area contributed by atoms with Gasteiger partial charge in [0.05, 0.1) is 90.8 Å². The molecule has 1 fully saturated rings. The van der Waals surface area contributed by atoms with Gasteiger partial charge in [-0.1, -0.05) is 45.0 Å². The van der Waals surface area contributed by atoms with Crippen molar-refractivity contribution in [3.8, 4) is 5.75 Å². The third kappa shape index (κ3) is 14.3. The molecule has 7 rings (SSSR count). The number of ether oxygens (including phenoxy) is 5. The Hall–Kier alpha value is -4.83. The monoisotopic (exact) mass is 1060 g/mol. The van der Waals surface area contributed by atoms with Crippen LogP contribution in [0.4, 0.5) is 11.4 Å². The molecule has 17 nitrogen and oxygen atoms in total. The number of hydrogen-bond acceptors (Lipinski definition) is 16. The first-order chi connectivity index (χ1) is 35.4. The number of sulfone groups is 1. The summed E-state index contributed by atoms with van der Waals surface area (Å²) >= 11 is 1.57. The Morgan fingerprint density at radius 2 is 1.55 bits per heavy atom. The van der Waals surface area contributed by atoms with E-state index in [1.807, 2.05) is 71.1 Å². The minimum absolute atomic E-state index is 0.0858. The van der Waals surface area contributed by atoms with E-state index in [0.717, 1.165) is 40.7 Å². The van der Waals surface area contributed by atoms with Gasteiger partial charge in [-0.3, -0.25) is 14.6 Å². The summed E-state index contributed by atoms with van der Waals surface area (Å²) in [5.41, 5.74) is 13.6. The molecule has 0 spiro atoms. The standard InChI is InChI=1S/C55H78N8O9S2/c1-36(57-8)51(56)50(54(2,3)4)53(65)63-34-39(31-46(63)52(64)62-42-15-11-13-37-12-9-10-14-40(37)42)58-20-21-68-22-23-69-24-25-70-26-27-71-28-29-72-47-33-44-41(32-49(47)74(66,67)55(5,6)7)43(18-19-59-44)61-38-16-17-48-45(30-38)60-35-73-48/h9-10,12,14,16-19,30,32-33,35-36,39,42,46,50-51,57-58H,11,13,15,20-29,31,34,56H2,1-8H3,(H,59,61)(H,62,64)/t36-,39-,42+,46-,50-,51?/m0/s1. The van der Waals surface area contributed by atoms with E-state index in [2.05, 4.69) is 43.4 Å². The zero-order chi connectivity index (χ0) is 53.0. The number of aromatic nitrogens is 2. The molecule has 3 aromatic carbocycles. The van der Waals surface area contributed by atoms with Gasteiger partial charge in [0, 0.05) is 60.2 Å². The molecule has 1 aliphatic carbocycles. The molecule has 19 heteroatoms. The lowest BCUT2D eigenvalue weighted by Crippen LogP contribution is -2.58. The van der Waals surface area contributed by atoms with E-state index < -0.39 is 38.0 Å². The van der Waals surface area contributed by atoms with Crippen molar-refractivity contribution in [3.63, 3.8) is 0 Å². The van der Waals surface area contributed by atoms with E-state index in [0.29, 0.717) is 82.3 Å². The van der Waals surface area contributed by atoms with Crippen LogP contribution in [0, 0.1) is 11.3 Å². The highest BCUT2D eigenvalue weighted by Crippen LogP contribution is 2.39. The average Bonchev–Trinajstić information content (AvgIpc) is 4.03. The smallest absolute Gasteiger partial charge is 0.243 e. The molecule has 2 aromatic heterocycles. The predicted molar refractivity (Wildman–Crippen MR) is 292 cm³/mol. The molecule has 74 heavy (non-hydrogen) atoms. The lowest BCUT2D eigenvalue weighted by Gasteiger charge is -2.40. The Bertz CT molecular complexity index is 2760. The van der Waals surface area contributed by atoms with Crippen molar-refractivity contribution in [1.82, 2.24) is 30.8 Å². The largest absolute Gasteiger partial charge is 0.490 e. The van der Waals surface area contributed by atoms with Gasteiger partial charge >= 0.3 is 0 Å². The molecule has 2 aliphatic rings. The molecule has 3 heterocycles. The zero-order valence-electron chi connectivity index (χ0n) is 44.4. The third-order valence-corrected chi connectivity index (χ3v) is 17.3. The number of nitrogens with two attached hydrogens (primary N) is 1. The second kappa shape index (κ2) is 25.8. The van der Waals surface area contributed by atoms with Crippen LogP contribution in [0.3, 0.4) is 0 Å². The number of benzene rings is 3. The van der Waals surface area contributed by atoms with Crippen molar-refractivity contribution in [1.29, 1.82) is 0 Å². The number of carbonyl (C=O) groups excluding carboxylic acids is 2. The molecule has 6 atom stereocenters. The lowest BCUT2D eigenvalue weighted by molar-refractivity contribution is -0.145. The number of likely N-dealkylation sites (N-methyl/N-ethyl adjacent to an activating group) is 1. The fourth-order valence-electron chi connectivity index (χ4n) is 9.73. The molecule has 0 saturated carbocycles. The number of fused-ring (bicyclic) bond motifs is 3. The van der Waals surface area contributed by atoms with Gasteiger partial charge in [-0.2, -0.15) is 0 Å². The number of hydrogen-bond donors (Lipinski definition) is 5. The lowest BCUT2D eigenvalue weighted by atomic mass is 9.73. The number of amides is 2. The van der Waals surface area contributed by atoms with Crippen molar-refractivity contribution >= 4 is 65.5 Å². The maximum Gasteiger partial charge on any atom is 0.243 e. The van der Waals surface area contributed by atoms with Crippen LogP contribution in [0.1, 0.15) is 84.9 Å². The first-order valence-corrected chi connectivity index (χ1v) is 28.3. The normalized spacial score (nSPS) is 18.6.